The summed E-state index contributed by atoms with van der Waals surface area (Å²) in [5.74, 6) is 0.0551. The number of rotatable bonds is 8. The highest BCUT2D eigenvalue weighted by Gasteiger charge is 2.21. The van der Waals surface area contributed by atoms with Gasteiger partial charge < -0.3 is 15.2 Å². The van der Waals surface area contributed by atoms with Gasteiger partial charge in [0.15, 0.2) is 0 Å². The van der Waals surface area contributed by atoms with Crippen molar-refractivity contribution in [2.45, 2.75) is 70.5 Å². The summed E-state index contributed by atoms with van der Waals surface area (Å²) in [7, 11) is 0. The second-order valence-electron chi connectivity index (χ2n) is 8.09. The van der Waals surface area contributed by atoms with Gasteiger partial charge in [0.25, 0.3) is 5.91 Å². The molecule has 0 unspecified atom stereocenters. The zero-order valence-electron chi connectivity index (χ0n) is 16.6. The highest BCUT2D eigenvalue weighted by Crippen LogP contribution is 2.21. The number of amides is 1. The number of carbonyl (C=O) groups is 1. The summed E-state index contributed by atoms with van der Waals surface area (Å²) in [5, 5.41) is 6.80. The van der Waals surface area contributed by atoms with Crippen LogP contribution in [-0.2, 0) is 12.1 Å². The molecule has 0 radical (unpaired) electrons. The maximum atomic E-state index is 12.5. The molecule has 5 heteroatoms. The smallest absolute Gasteiger partial charge is 0.251 e. The van der Waals surface area contributed by atoms with E-state index in [9.17, 15) is 4.79 Å². The molecule has 1 saturated carbocycles. The van der Waals surface area contributed by atoms with Crippen molar-refractivity contribution >= 4 is 5.91 Å². The minimum absolute atomic E-state index is 0.0551. The molecule has 0 aliphatic heterocycles. The monoisotopic (exact) mass is 368 g/mol. The molecule has 1 aromatic heterocycles. The molecule has 0 bridgehead atoms. The Morgan fingerprint density at radius 3 is 2.59 bits per heavy atom. The molecular formula is C22H32N4O. The standard InChI is InChI=1S/C22H32N4O/c1-22(2,24-13-6-15-26-16-14-23-17-26)19-11-9-18(10-12-19)21(27)25-20-7-4-3-5-8-20/h9-12,14,16-17,20,24H,3-8,13,15H2,1-2H3,(H,25,27). The van der Waals surface area contributed by atoms with Crippen molar-refractivity contribution in [3.05, 3.63) is 54.1 Å². The summed E-state index contributed by atoms with van der Waals surface area (Å²) in [6.45, 7) is 6.25. The Morgan fingerprint density at radius 2 is 1.93 bits per heavy atom. The summed E-state index contributed by atoms with van der Waals surface area (Å²) in [5.41, 5.74) is 1.81. The molecule has 1 aliphatic rings. The van der Waals surface area contributed by atoms with E-state index >= 15 is 0 Å². The van der Waals surface area contributed by atoms with Crippen LogP contribution in [0.25, 0.3) is 0 Å². The van der Waals surface area contributed by atoms with Crippen LogP contribution < -0.4 is 10.6 Å². The van der Waals surface area contributed by atoms with Crippen molar-refractivity contribution in [1.82, 2.24) is 20.2 Å². The first kappa shape index (κ1) is 19.6. The lowest BCUT2D eigenvalue weighted by molar-refractivity contribution is 0.0927. The Hall–Kier alpha value is -2.14. The number of hydrogen-bond acceptors (Lipinski definition) is 3. The first-order valence-corrected chi connectivity index (χ1v) is 10.2. The van der Waals surface area contributed by atoms with E-state index in [1.165, 1.54) is 24.8 Å². The summed E-state index contributed by atoms with van der Waals surface area (Å²) >= 11 is 0. The SMILES string of the molecule is CC(C)(NCCCn1ccnc1)c1ccc(C(=O)NC2CCCCC2)cc1. The Balaban J connectivity index is 1.49. The Bertz CT molecular complexity index is 700. The van der Waals surface area contributed by atoms with Gasteiger partial charge >= 0.3 is 0 Å². The summed E-state index contributed by atoms with van der Waals surface area (Å²) in [6.07, 6.45) is 12.7. The fraction of sp³-hybridized carbons (Fsp3) is 0.545. The predicted molar refractivity (Wildman–Crippen MR) is 109 cm³/mol. The van der Waals surface area contributed by atoms with Crippen LogP contribution in [0.4, 0.5) is 0 Å². The number of aryl methyl sites for hydroxylation is 1. The number of nitrogens with one attached hydrogen (secondary N) is 2. The van der Waals surface area contributed by atoms with Gasteiger partial charge in [-0.05, 0) is 57.4 Å². The molecule has 1 aromatic carbocycles. The van der Waals surface area contributed by atoms with Crippen LogP contribution >= 0.6 is 0 Å². The predicted octanol–water partition coefficient (Wildman–Crippen LogP) is 3.86. The van der Waals surface area contributed by atoms with Gasteiger partial charge in [-0.15, -0.1) is 0 Å². The topological polar surface area (TPSA) is 59.0 Å². The van der Waals surface area contributed by atoms with E-state index in [1.54, 1.807) is 0 Å². The molecule has 0 spiro atoms. The Morgan fingerprint density at radius 1 is 1.19 bits per heavy atom. The summed E-state index contributed by atoms with van der Waals surface area (Å²) in [4.78, 5) is 16.5. The van der Waals surface area contributed by atoms with Crippen molar-refractivity contribution in [2.75, 3.05) is 6.54 Å². The first-order valence-electron chi connectivity index (χ1n) is 10.2. The van der Waals surface area contributed by atoms with Crippen molar-refractivity contribution in [1.29, 1.82) is 0 Å². The average Bonchev–Trinajstić information content (AvgIpc) is 3.20. The molecule has 2 aromatic rings. The van der Waals surface area contributed by atoms with Crippen LogP contribution in [0.5, 0.6) is 0 Å². The van der Waals surface area contributed by atoms with Gasteiger partial charge in [-0.3, -0.25) is 4.79 Å². The fourth-order valence-electron chi connectivity index (χ4n) is 3.74. The minimum Gasteiger partial charge on any atom is -0.349 e. The van der Waals surface area contributed by atoms with Gasteiger partial charge in [-0.1, -0.05) is 31.4 Å². The van der Waals surface area contributed by atoms with E-state index in [2.05, 4.69) is 46.2 Å². The van der Waals surface area contributed by atoms with Crippen LogP contribution in [0.3, 0.4) is 0 Å². The molecule has 1 fully saturated rings. The van der Waals surface area contributed by atoms with E-state index in [-0.39, 0.29) is 11.4 Å². The molecule has 1 heterocycles. The number of aromatic nitrogens is 2. The third-order valence-corrected chi connectivity index (χ3v) is 5.53. The Kier molecular flexibility index (Phi) is 6.67. The van der Waals surface area contributed by atoms with Crippen LogP contribution in [0.15, 0.2) is 43.0 Å². The minimum atomic E-state index is -0.132. The number of imidazole rings is 1. The van der Waals surface area contributed by atoms with Gasteiger partial charge in [0, 0.05) is 36.1 Å². The van der Waals surface area contributed by atoms with E-state index < -0.39 is 0 Å². The summed E-state index contributed by atoms with van der Waals surface area (Å²) < 4.78 is 2.09. The third kappa shape index (κ3) is 5.67. The molecular weight excluding hydrogens is 336 g/mol. The zero-order valence-corrected chi connectivity index (χ0v) is 16.6. The third-order valence-electron chi connectivity index (χ3n) is 5.53. The van der Waals surface area contributed by atoms with Gasteiger partial charge in [0.05, 0.1) is 6.33 Å². The van der Waals surface area contributed by atoms with Crippen molar-refractivity contribution < 1.29 is 4.79 Å². The van der Waals surface area contributed by atoms with Crippen LogP contribution in [0.1, 0.15) is 68.3 Å². The second-order valence-corrected chi connectivity index (χ2v) is 8.09. The molecule has 2 N–H and O–H groups in total. The lowest BCUT2D eigenvalue weighted by atomic mass is 9.92. The largest absolute Gasteiger partial charge is 0.349 e. The molecule has 1 amide bonds. The van der Waals surface area contributed by atoms with Crippen molar-refractivity contribution in [3.8, 4) is 0 Å². The highest BCUT2D eigenvalue weighted by molar-refractivity contribution is 5.94. The number of hydrogen-bond donors (Lipinski definition) is 2. The normalized spacial score (nSPS) is 15.6. The lowest BCUT2D eigenvalue weighted by Crippen LogP contribution is -2.38. The summed E-state index contributed by atoms with van der Waals surface area (Å²) in [6, 6.07) is 8.38. The lowest BCUT2D eigenvalue weighted by Gasteiger charge is -2.27. The maximum Gasteiger partial charge on any atom is 0.251 e. The van der Waals surface area contributed by atoms with E-state index in [0.717, 1.165) is 37.9 Å². The quantitative estimate of drug-likeness (QED) is 0.696. The molecule has 146 valence electrons. The second kappa shape index (κ2) is 9.18. The number of benzene rings is 1. The van der Waals surface area contributed by atoms with E-state index in [0.29, 0.717) is 6.04 Å². The molecule has 1 aliphatic carbocycles. The van der Waals surface area contributed by atoms with Gasteiger partial charge in [0.2, 0.25) is 0 Å². The highest BCUT2D eigenvalue weighted by atomic mass is 16.1. The van der Waals surface area contributed by atoms with Crippen LogP contribution in [-0.4, -0.2) is 28.0 Å². The van der Waals surface area contributed by atoms with E-state index in [4.69, 9.17) is 0 Å². The van der Waals surface area contributed by atoms with Crippen LogP contribution in [0, 0.1) is 0 Å². The molecule has 5 nitrogen and oxygen atoms in total. The van der Waals surface area contributed by atoms with Crippen LogP contribution in [0.2, 0.25) is 0 Å². The zero-order chi connectivity index (χ0) is 19.1. The molecule has 3 rings (SSSR count). The fourth-order valence-corrected chi connectivity index (χ4v) is 3.74. The maximum absolute atomic E-state index is 12.5. The van der Waals surface area contributed by atoms with E-state index in [1.807, 2.05) is 30.9 Å². The van der Waals surface area contributed by atoms with Gasteiger partial charge in [0.1, 0.15) is 0 Å². The number of carbonyl (C=O) groups excluding carboxylic acids is 1. The van der Waals surface area contributed by atoms with Gasteiger partial charge in [-0.2, -0.15) is 0 Å². The Labute approximate surface area is 162 Å². The first-order chi connectivity index (χ1) is 13.0. The van der Waals surface area contributed by atoms with Gasteiger partial charge in [-0.25, -0.2) is 4.98 Å². The molecule has 0 atom stereocenters. The van der Waals surface area contributed by atoms with Crippen molar-refractivity contribution in [2.24, 2.45) is 0 Å². The molecule has 27 heavy (non-hydrogen) atoms. The number of nitrogens with zero attached hydrogens (tertiary/aromatic N) is 2. The average molecular weight is 369 g/mol. The molecule has 0 saturated heterocycles. The van der Waals surface area contributed by atoms with Crippen molar-refractivity contribution in [3.63, 3.8) is 0 Å².